The van der Waals surface area contributed by atoms with Gasteiger partial charge in [-0.3, -0.25) is 9.36 Å². The zero-order valence-corrected chi connectivity index (χ0v) is 18.0. The third kappa shape index (κ3) is 6.39. The first-order valence-electron chi connectivity index (χ1n) is 8.77. The van der Waals surface area contributed by atoms with E-state index in [1.807, 2.05) is 35.7 Å². The number of nitrogens with zero attached hydrogens (tertiary/aromatic N) is 4. The van der Waals surface area contributed by atoms with Gasteiger partial charge in [-0.05, 0) is 24.5 Å². The minimum absolute atomic E-state index is 0.197. The lowest BCUT2D eigenvalue weighted by molar-refractivity contribution is -0.139. The monoisotopic (exact) mass is 451 g/mol. The molecule has 0 spiro atoms. The van der Waals surface area contributed by atoms with Gasteiger partial charge in [0.15, 0.2) is 0 Å². The van der Waals surface area contributed by atoms with E-state index in [-0.39, 0.29) is 5.03 Å². The number of aromatic nitrogens is 2. The van der Waals surface area contributed by atoms with Crippen LogP contribution in [-0.2, 0) is 34.4 Å². The normalized spacial score (nSPS) is 12.5. The fourth-order valence-corrected chi connectivity index (χ4v) is 3.74. The second kappa shape index (κ2) is 10.4. The molecule has 0 fully saturated rings. The summed E-state index contributed by atoms with van der Waals surface area (Å²) in [6.07, 6.45) is 0.926. The molecule has 0 saturated heterocycles. The fraction of sp³-hybridized carbons (Fsp3) is 0.333. The Morgan fingerprint density at radius 1 is 1.33 bits per heavy atom. The minimum atomic E-state index is -4.04. The molecular formula is C18H21N5O5S2. The SMILES string of the molecule is CN(C)S(=O)(=O)N[C@@H](Cn1c(CCc2ccccc2)cc(SC#N)nc1=O)C(=O)O. The Bertz CT molecular complexity index is 1090. The molecule has 1 heterocycles. The Balaban J connectivity index is 2.39. The van der Waals surface area contributed by atoms with Gasteiger partial charge in [0.05, 0.1) is 6.54 Å². The summed E-state index contributed by atoms with van der Waals surface area (Å²) in [4.78, 5) is 28.0. The third-order valence-electron chi connectivity index (χ3n) is 4.17. The van der Waals surface area contributed by atoms with Crippen molar-refractivity contribution in [3.8, 4) is 5.40 Å². The molecule has 0 aliphatic carbocycles. The summed E-state index contributed by atoms with van der Waals surface area (Å²) in [7, 11) is -1.52. The number of nitrogens with one attached hydrogen (secondary N) is 1. The first kappa shape index (κ1) is 23.6. The number of benzene rings is 1. The van der Waals surface area contributed by atoms with Crippen LogP contribution in [0, 0.1) is 10.7 Å². The maximum Gasteiger partial charge on any atom is 0.348 e. The highest BCUT2D eigenvalue weighted by atomic mass is 32.2. The quantitative estimate of drug-likeness (QED) is 0.301. The molecule has 1 aromatic heterocycles. The highest BCUT2D eigenvalue weighted by molar-refractivity contribution is 8.03. The number of carboxylic acid groups (broad SMARTS) is 1. The number of carbonyl (C=O) groups is 1. The Labute approximate surface area is 178 Å². The number of aryl methyl sites for hydroxylation is 2. The summed E-state index contributed by atoms with van der Waals surface area (Å²) >= 11 is 0.720. The molecule has 2 rings (SSSR count). The molecule has 0 saturated carbocycles. The summed E-state index contributed by atoms with van der Waals surface area (Å²) < 4.78 is 28.2. The number of thiocyanates is 1. The van der Waals surface area contributed by atoms with Crippen LogP contribution in [0.3, 0.4) is 0 Å². The number of hydrogen-bond acceptors (Lipinski definition) is 7. The van der Waals surface area contributed by atoms with Crippen LogP contribution in [0.1, 0.15) is 11.3 Å². The molecule has 2 aromatic rings. The predicted molar refractivity (Wildman–Crippen MR) is 111 cm³/mol. The van der Waals surface area contributed by atoms with Crippen molar-refractivity contribution in [1.82, 2.24) is 18.6 Å². The van der Waals surface area contributed by atoms with Crippen LogP contribution >= 0.6 is 11.8 Å². The molecule has 0 unspecified atom stereocenters. The van der Waals surface area contributed by atoms with Gasteiger partial charge >= 0.3 is 11.7 Å². The average Bonchev–Trinajstić information content (AvgIpc) is 2.68. The molecule has 0 radical (unpaired) electrons. The van der Waals surface area contributed by atoms with E-state index in [9.17, 15) is 23.1 Å². The Morgan fingerprint density at radius 2 is 2.00 bits per heavy atom. The van der Waals surface area contributed by atoms with Gasteiger partial charge in [-0.1, -0.05) is 30.3 Å². The first-order chi connectivity index (χ1) is 14.1. The zero-order valence-electron chi connectivity index (χ0n) is 16.3. The minimum Gasteiger partial charge on any atom is -0.480 e. The van der Waals surface area contributed by atoms with E-state index in [0.717, 1.165) is 26.2 Å². The highest BCUT2D eigenvalue weighted by Gasteiger charge is 2.27. The third-order valence-corrected chi connectivity index (χ3v) is 6.22. The van der Waals surface area contributed by atoms with E-state index in [0.29, 0.717) is 18.5 Å². The number of hydrogen-bond donors (Lipinski definition) is 2. The summed E-state index contributed by atoms with van der Waals surface area (Å²) in [5, 5.41) is 20.4. The summed E-state index contributed by atoms with van der Waals surface area (Å²) in [5.74, 6) is -1.43. The number of aliphatic carboxylic acids is 1. The number of thioether (sulfide) groups is 1. The van der Waals surface area contributed by atoms with Crippen molar-refractivity contribution in [2.45, 2.75) is 30.5 Å². The van der Waals surface area contributed by atoms with E-state index in [1.165, 1.54) is 20.2 Å². The van der Waals surface area contributed by atoms with E-state index < -0.39 is 34.5 Å². The van der Waals surface area contributed by atoms with Gasteiger partial charge in [-0.15, -0.1) is 0 Å². The van der Waals surface area contributed by atoms with Crippen molar-refractivity contribution in [2.75, 3.05) is 14.1 Å². The van der Waals surface area contributed by atoms with Gasteiger partial charge in [0, 0.05) is 31.6 Å². The second-order valence-electron chi connectivity index (χ2n) is 6.45. The van der Waals surface area contributed by atoms with E-state index >= 15 is 0 Å². The van der Waals surface area contributed by atoms with Crippen molar-refractivity contribution in [1.29, 1.82) is 5.26 Å². The van der Waals surface area contributed by atoms with E-state index in [2.05, 4.69) is 9.71 Å². The summed E-state index contributed by atoms with van der Waals surface area (Å²) in [5.41, 5.74) is 0.700. The molecule has 0 aliphatic rings. The fourth-order valence-electron chi connectivity index (χ4n) is 2.58. The van der Waals surface area contributed by atoms with Crippen molar-refractivity contribution >= 4 is 27.9 Å². The van der Waals surface area contributed by atoms with Crippen LogP contribution < -0.4 is 10.4 Å². The Hall–Kier alpha value is -2.72. The molecule has 0 aliphatic heterocycles. The zero-order chi connectivity index (χ0) is 22.3. The Morgan fingerprint density at radius 3 is 2.57 bits per heavy atom. The van der Waals surface area contributed by atoms with E-state index in [1.54, 1.807) is 0 Å². The molecule has 10 nitrogen and oxygen atoms in total. The molecule has 160 valence electrons. The molecular weight excluding hydrogens is 430 g/mol. The number of nitriles is 1. The second-order valence-corrected chi connectivity index (χ2v) is 9.18. The smallest absolute Gasteiger partial charge is 0.348 e. The lowest BCUT2D eigenvalue weighted by Crippen LogP contribution is -2.49. The molecule has 30 heavy (non-hydrogen) atoms. The first-order valence-corrected chi connectivity index (χ1v) is 11.0. The molecule has 0 bridgehead atoms. The lowest BCUT2D eigenvalue weighted by Gasteiger charge is -2.20. The van der Waals surface area contributed by atoms with Gasteiger partial charge in [-0.2, -0.15) is 27.7 Å². The van der Waals surface area contributed by atoms with Gasteiger partial charge in [0.25, 0.3) is 10.2 Å². The van der Waals surface area contributed by atoms with Crippen LogP contribution in [0.15, 0.2) is 46.2 Å². The summed E-state index contributed by atoms with van der Waals surface area (Å²) in [6.45, 7) is -0.449. The Kier molecular flexibility index (Phi) is 8.13. The molecule has 12 heteroatoms. The van der Waals surface area contributed by atoms with Crippen LogP contribution in [0.2, 0.25) is 0 Å². The van der Waals surface area contributed by atoms with Gasteiger partial charge in [-0.25, -0.2) is 4.79 Å². The molecule has 1 atom stereocenters. The maximum absolute atomic E-state index is 12.6. The standard InChI is InChI=1S/C18H21N5O5S2/c1-22(2)30(27,28)21-15(17(24)25)11-23-14(9-8-13-6-4-3-5-7-13)10-16(29-12-19)20-18(23)26/h3-7,10,15,21H,8-9,11H2,1-2H3,(H,24,25)/t15-/m0/s1. The van der Waals surface area contributed by atoms with Gasteiger partial charge < -0.3 is 5.11 Å². The van der Waals surface area contributed by atoms with Gasteiger partial charge in [0.1, 0.15) is 16.5 Å². The van der Waals surface area contributed by atoms with E-state index in [4.69, 9.17) is 5.26 Å². The molecule has 2 N–H and O–H groups in total. The van der Waals surface area contributed by atoms with Crippen molar-refractivity contribution in [3.05, 3.63) is 58.1 Å². The average molecular weight is 452 g/mol. The van der Waals surface area contributed by atoms with Crippen molar-refractivity contribution in [3.63, 3.8) is 0 Å². The number of rotatable bonds is 10. The summed E-state index contributed by atoms with van der Waals surface area (Å²) in [6, 6.07) is 9.42. The predicted octanol–water partition coefficient (Wildman–Crippen LogP) is 0.451. The number of carboxylic acids is 1. The highest BCUT2D eigenvalue weighted by Crippen LogP contribution is 2.15. The van der Waals surface area contributed by atoms with Gasteiger partial charge in [0.2, 0.25) is 0 Å². The lowest BCUT2D eigenvalue weighted by atomic mass is 10.1. The maximum atomic E-state index is 12.6. The largest absolute Gasteiger partial charge is 0.480 e. The van der Waals surface area contributed by atoms with Crippen molar-refractivity contribution < 1.29 is 18.3 Å². The molecule has 0 amide bonds. The van der Waals surface area contributed by atoms with Crippen LogP contribution in [0.5, 0.6) is 0 Å². The topological polar surface area (TPSA) is 145 Å². The van der Waals surface area contributed by atoms with Crippen LogP contribution in [-0.4, -0.2) is 53.5 Å². The molecule has 1 aromatic carbocycles. The van der Waals surface area contributed by atoms with Crippen LogP contribution in [0.25, 0.3) is 0 Å². The van der Waals surface area contributed by atoms with Crippen LogP contribution in [0.4, 0.5) is 0 Å². The van der Waals surface area contributed by atoms with Crippen molar-refractivity contribution in [2.24, 2.45) is 0 Å².